The first-order valence-electron chi connectivity index (χ1n) is 5.64. The molecule has 1 atom stereocenters. The maximum Gasteiger partial charge on any atom is 0.0574 e. The van der Waals surface area contributed by atoms with Crippen LogP contribution in [0, 0.1) is 0 Å². The molecule has 0 aliphatic carbocycles. The van der Waals surface area contributed by atoms with Crippen LogP contribution in [0.1, 0.15) is 58.8 Å². The molecule has 0 saturated heterocycles. The molecule has 0 amide bonds. The van der Waals surface area contributed by atoms with Crippen molar-refractivity contribution in [2.75, 3.05) is 0 Å². The van der Waals surface area contributed by atoms with Gasteiger partial charge >= 0.3 is 0 Å². The lowest BCUT2D eigenvalue weighted by Crippen LogP contribution is -2.04. The minimum absolute atomic E-state index is 0.111. The van der Waals surface area contributed by atoms with E-state index < -0.39 is 0 Å². The summed E-state index contributed by atoms with van der Waals surface area (Å²) in [5.41, 5.74) is 0. The summed E-state index contributed by atoms with van der Waals surface area (Å²) < 4.78 is 0. The van der Waals surface area contributed by atoms with E-state index in [-0.39, 0.29) is 6.10 Å². The first kappa shape index (κ1) is 12.7. The Kier molecular flexibility index (Phi) is 9.56. The molecule has 0 aromatic carbocycles. The molecule has 13 heavy (non-hydrogen) atoms. The maximum atomic E-state index is 9.52. The SMILES string of the molecule is CCC=CCC(O)CCCCCC. The van der Waals surface area contributed by atoms with Gasteiger partial charge in [-0.3, -0.25) is 0 Å². The zero-order chi connectivity index (χ0) is 9.94. The molecule has 0 aliphatic rings. The van der Waals surface area contributed by atoms with Crippen molar-refractivity contribution in [3.8, 4) is 0 Å². The fourth-order valence-electron chi connectivity index (χ4n) is 1.34. The van der Waals surface area contributed by atoms with Gasteiger partial charge < -0.3 is 5.11 Å². The molecule has 78 valence electrons. The van der Waals surface area contributed by atoms with Crippen LogP contribution in [0.5, 0.6) is 0 Å². The monoisotopic (exact) mass is 184 g/mol. The van der Waals surface area contributed by atoms with Gasteiger partial charge in [0, 0.05) is 0 Å². The molecule has 0 aliphatic heterocycles. The molecule has 0 fully saturated rings. The van der Waals surface area contributed by atoms with Gasteiger partial charge in [0.25, 0.3) is 0 Å². The third-order valence-electron chi connectivity index (χ3n) is 2.20. The summed E-state index contributed by atoms with van der Waals surface area (Å²) in [4.78, 5) is 0. The van der Waals surface area contributed by atoms with Crippen LogP contribution in [0.2, 0.25) is 0 Å². The Bertz CT molecular complexity index is 118. The van der Waals surface area contributed by atoms with E-state index in [0.29, 0.717) is 0 Å². The second kappa shape index (κ2) is 9.79. The van der Waals surface area contributed by atoms with E-state index in [2.05, 4.69) is 26.0 Å². The minimum Gasteiger partial charge on any atom is -0.393 e. The smallest absolute Gasteiger partial charge is 0.0574 e. The lowest BCUT2D eigenvalue weighted by molar-refractivity contribution is 0.163. The van der Waals surface area contributed by atoms with E-state index in [1.54, 1.807) is 0 Å². The quantitative estimate of drug-likeness (QED) is 0.451. The van der Waals surface area contributed by atoms with Gasteiger partial charge in [0.1, 0.15) is 0 Å². The zero-order valence-corrected chi connectivity index (χ0v) is 9.13. The third-order valence-corrected chi connectivity index (χ3v) is 2.20. The summed E-state index contributed by atoms with van der Waals surface area (Å²) in [6.07, 6.45) is 12.0. The molecule has 0 bridgehead atoms. The number of aliphatic hydroxyl groups excluding tert-OH is 1. The Morgan fingerprint density at radius 1 is 1.08 bits per heavy atom. The van der Waals surface area contributed by atoms with E-state index in [9.17, 15) is 5.11 Å². The number of unbranched alkanes of at least 4 members (excludes halogenated alkanes) is 3. The standard InChI is InChI=1S/C12H24O/c1-3-5-7-9-11-12(13)10-8-6-4-2/h6,8,12-13H,3-5,7,9-11H2,1-2H3. The molecule has 0 rings (SSSR count). The van der Waals surface area contributed by atoms with Crippen LogP contribution >= 0.6 is 0 Å². The number of aliphatic hydroxyl groups is 1. The van der Waals surface area contributed by atoms with Gasteiger partial charge in [0.2, 0.25) is 0 Å². The molecule has 1 N–H and O–H groups in total. The lowest BCUT2D eigenvalue weighted by Gasteiger charge is -2.06. The van der Waals surface area contributed by atoms with Crippen molar-refractivity contribution >= 4 is 0 Å². The van der Waals surface area contributed by atoms with Crippen molar-refractivity contribution in [1.82, 2.24) is 0 Å². The molecule has 0 heterocycles. The normalized spacial score (nSPS) is 13.8. The van der Waals surface area contributed by atoms with Crippen molar-refractivity contribution < 1.29 is 5.11 Å². The number of hydrogen-bond acceptors (Lipinski definition) is 1. The van der Waals surface area contributed by atoms with Gasteiger partial charge in [0.15, 0.2) is 0 Å². The maximum absolute atomic E-state index is 9.52. The van der Waals surface area contributed by atoms with Crippen molar-refractivity contribution in [2.24, 2.45) is 0 Å². The number of rotatable bonds is 8. The van der Waals surface area contributed by atoms with Crippen molar-refractivity contribution in [2.45, 2.75) is 64.9 Å². The van der Waals surface area contributed by atoms with Crippen LogP contribution in [0.4, 0.5) is 0 Å². The highest BCUT2D eigenvalue weighted by Gasteiger charge is 2.00. The van der Waals surface area contributed by atoms with Crippen LogP contribution < -0.4 is 0 Å². The van der Waals surface area contributed by atoms with Crippen LogP contribution in [0.15, 0.2) is 12.2 Å². The molecule has 1 heteroatoms. The zero-order valence-electron chi connectivity index (χ0n) is 9.13. The Morgan fingerprint density at radius 2 is 1.85 bits per heavy atom. The second-order valence-corrected chi connectivity index (χ2v) is 3.62. The highest BCUT2D eigenvalue weighted by atomic mass is 16.3. The molecule has 0 aromatic heterocycles. The van der Waals surface area contributed by atoms with Crippen LogP contribution in [0.3, 0.4) is 0 Å². The Balaban J connectivity index is 3.19. The molecule has 1 nitrogen and oxygen atoms in total. The van der Waals surface area contributed by atoms with Crippen LogP contribution in [-0.4, -0.2) is 11.2 Å². The molecular weight excluding hydrogens is 160 g/mol. The predicted octanol–water partition coefficient (Wildman–Crippen LogP) is 3.67. The molecule has 0 aromatic rings. The number of allylic oxidation sites excluding steroid dienone is 1. The number of hydrogen-bond donors (Lipinski definition) is 1. The summed E-state index contributed by atoms with van der Waals surface area (Å²) in [5, 5.41) is 9.52. The average Bonchev–Trinajstić information content (AvgIpc) is 2.13. The highest BCUT2D eigenvalue weighted by molar-refractivity contribution is 4.82. The average molecular weight is 184 g/mol. The third kappa shape index (κ3) is 9.62. The van der Waals surface area contributed by atoms with Crippen molar-refractivity contribution in [3.63, 3.8) is 0 Å². The molecule has 0 saturated carbocycles. The van der Waals surface area contributed by atoms with E-state index in [4.69, 9.17) is 0 Å². The topological polar surface area (TPSA) is 20.2 Å². The Morgan fingerprint density at radius 3 is 2.46 bits per heavy atom. The van der Waals surface area contributed by atoms with E-state index in [1.807, 2.05) is 0 Å². The fraction of sp³-hybridized carbons (Fsp3) is 0.833. The summed E-state index contributed by atoms with van der Waals surface area (Å²) in [6, 6.07) is 0. The predicted molar refractivity (Wildman–Crippen MR) is 58.8 cm³/mol. The van der Waals surface area contributed by atoms with E-state index in [0.717, 1.165) is 19.3 Å². The van der Waals surface area contributed by atoms with E-state index >= 15 is 0 Å². The minimum atomic E-state index is -0.111. The van der Waals surface area contributed by atoms with Crippen molar-refractivity contribution in [1.29, 1.82) is 0 Å². The Hall–Kier alpha value is -0.300. The van der Waals surface area contributed by atoms with Gasteiger partial charge in [-0.2, -0.15) is 0 Å². The summed E-state index contributed by atoms with van der Waals surface area (Å²) >= 11 is 0. The second-order valence-electron chi connectivity index (χ2n) is 3.62. The van der Waals surface area contributed by atoms with Gasteiger partial charge in [0.05, 0.1) is 6.10 Å². The molecule has 0 spiro atoms. The fourth-order valence-corrected chi connectivity index (χ4v) is 1.34. The molecule has 0 radical (unpaired) electrons. The largest absolute Gasteiger partial charge is 0.393 e. The summed E-state index contributed by atoms with van der Waals surface area (Å²) in [5.74, 6) is 0. The van der Waals surface area contributed by atoms with Gasteiger partial charge in [-0.25, -0.2) is 0 Å². The van der Waals surface area contributed by atoms with Gasteiger partial charge in [-0.1, -0.05) is 51.7 Å². The molecule has 1 unspecified atom stereocenters. The first-order valence-corrected chi connectivity index (χ1v) is 5.64. The lowest BCUT2D eigenvalue weighted by atomic mass is 10.1. The molecular formula is C12H24O. The van der Waals surface area contributed by atoms with Crippen molar-refractivity contribution in [3.05, 3.63) is 12.2 Å². The van der Waals surface area contributed by atoms with Crippen LogP contribution in [-0.2, 0) is 0 Å². The Labute approximate surface area is 82.9 Å². The van der Waals surface area contributed by atoms with E-state index in [1.165, 1.54) is 25.7 Å². The van der Waals surface area contributed by atoms with Crippen LogP contribution in [0.25, 0.3) is 0 Å². The highest BCUT2D eigenvalue weighted by Crippen LogP contribution is 2.08. The van der Waals surface area contributed by atoms with Gasteiger partial charge in [-0.15, -0.1) is 0 Å². The van der Waals surface area contributed by atoms with Gasteiger partial charge in [-0.05, 0) is 19.3 Å². The summed E-state index contributed by atoms with van der Waals surface area (Å²) in [6.45, 7) is 4.32. The first-order chi connectivity index (χ1) is 6.31. The summed E-state index contributed by atoms with van der Waals surface area (Å²) in [7, 11) is 0.